The maximum absolute atomic E-state index is 5.86. The van der Waals surface area contributed by atoms with Gasteiger partial charge in [-0.05, 0) is 37.0 Å². The van der Waals surface area contributed by atoms with Crippen LogP contribution in [0, 0.1) is 17.8 Å². The molecule has 1 aromatic rings. The van der Waals surface area contributed by atoms with Gasteiger partial charge in [0.25, 0.3) is 0 Å². The van der Waals surface area contributed by atoms with E-state index in [2.05, 4.69) is 15.3 Å². The van der Waals surface area contributed by atoms with E-state index in [1.54, 1.807) is 0 Å². The number of halogens is 1. The number of anilines is 2. The van der Waals surface area contributed by atoms with E-state index in [-0.39, 0.29) is 0 Å². The molecular weight excluding hydrogens is 236 g/mol. The van der Waals surface area contributed by atoms with Crippen molar-refractivity contribution in [3.05, 3.63) is 11.5 Å². The van der Waals surface area contributed by atoms with Crippen LogP contribution in [-0.2, 0) is 0 Å². The van der Waals surface area contributed by atoms with Crippen molar-refractivity contribution in [3.63, 3.8) is 0 Å². The van der Waals surface area contributed by atoms with Crippen molar-refractivity contribution in [3.8, 4) is 0 Å². The second-order valence-corrected chi connectivity index (χ2v) is 5.60. The van der Waals surface area contributed by atoms with Crippen molar-refractivity contribution in [2.45, 2.75) is 25.7 Å². The molecule has 0 saturated heterocycles. The molecule has 92 valence electrons. The van der Waals surface area contributed by atoms with Crippen LogP contribution in [0.2, 0.25) is 5.15 Å². The van der Waals surface area contributed by atoms with Gasteiger partial charge in [0.1, 0.15) is 12.0 Å². The van der Waals surface area contributed by atoms with Gasteiger partial charge in [0.05, 0.1) is 0 Å². The average Bonchev–Trinajstić information content (AvgIpc) is 2.93. The molecule has 0 aromatic carbocycles. The Labute approximate surface area is 106 Å². The predicted octanol–water partition coefficient (Wildman–Crippen LogP) is 2.56. The van der Waals surface area contributed by atoms with Crippen LogP contribution >= 0.6 is 11.6 Å². The molecule has 5 heteroatoms. The summed E-state index contributed by atoms with van der Waals surface area (Å²) in [6.45, 7) is 0.957. The number of aromatic nitrogens is 2. The van der Waals surface area contributed by atoms with E-state index in [9.17, 15) is 0 Å². The normalized spacial score (nSPS) is 30.8. The lowest BCUT2D eigenvalue weighted by molar-refractivity contribution is 0.348. The molecule has 2 bridgehead atoms. The largest absolute Gasteiger partial charge is 0.393 e. The molecule has 1 heterocycles. The highest BCUT2D eigenvalue weighted by Gasteiger charge is 2.39. The van der Waals surface area contributed by atoms with Gasteiger partial charge in [-0.25, -0.2) is 9.97 Å². The monoisotopic (exact) mass is 252 g/mol. The molecule has 2 aliphatic rings. The van der Waals surface area contributed by atoms with Crippen molar-refractivity contribution >= 4 is 23.1 Å². The van der Waals surface area contributed by atoms with E-state index in [4.69, 9.17) is 17.3 Å². The molecule has 4 nitrogen and oxygen atoms in total. The van der Waals surface area contributed by atoms with Crippen molar-refractivity contribution in [1.82, 2.24) is 9.97 Å². The van der Waals surface area contributed by atoms with Crippen LogP contribution in [0.3, 0.4) is 0 Å². The number of hydrogen-bond donors (Lipinski definition) is 2. The third-order valence-electron chi connectivity index (χ3n) is 4.25. The topological polar surface area (TPSA) is 63.8 Å². The van der Waals surface area contributed by atoms with E-state index in [0.717, 1.165) is 24.3 Å². The number of fused-ring (bicyclic) bond motifs is 2. The molecule has 3 atom stereocenters. The van der Waals surface area contributed by atoms with Gasteiger partial charge in [0.2, 0.25) is 0 Å². The zero-order valence-electron chi connectivity index (χ0n) is 9.69. The third kappa shape index (κ3) is 2.06. The van der Waals surface area contributed by atoms with Crippen LogP contribution in [0.15, 0.2) is 6.33 Å². The summed E-state index contributed by atoms with van der Waals surface area (Å²) in [5.41, 5.74) is 6.28. The SMILES string of the molecule is Nc1c(Cl)ncnc1NCC1CC2CCC1C2. The Morgan fingerprint density at radius 3 is 2.94 bits per heavy atom. The highest BCUT2D eigenvalue weighted by atomic mass is 35.5. The summed E-state index contributed by atoms with van der Waals surface area (Å²) in [5, 5.41) is 3.65. The summed E-state index contributed by atoms with van der Waals surface area (Å²) < 4.78 is 0. The van der Waals surface area contributed by atoms with Crippen molar-refractivity contribution in [1.29, 1.82) is 0 Å². The van der Waals surface area contributed by atoms with Crippen LogP contribution in [0.25, 0.3) is 0 Å². The second kappa shape index (κ2) is 4.33. The summed E-state index contributed by atoms with van der Waals surface area (Å²) in [6.07, 6.45) is 7.06. The fourth-order valence-corrected chi connectivity index (χ4v) is 3.50. The van der Waals surface area contributed by atoms with E-state index >= 15 is 0 Å². The summed E-state index contributed by atoms with van der Waals surface area (Å²) in [5.74, 6) is 3.33. The van der Waals surface area contributed by atoms with Crippen LogP contribution in [0.5, 0.6) is 0 Å². The third-order valence-corrected chi connectivity index (χ3v) is 4.55. The Kier molecular flexibility index (Phi) is 2.82. The predicted molar refractivity (Wildman–Crippen MR) is 68.9 cm³/mol. The lowest BCUT2D eigenvalue weighted by atomic mass is 9.89. The zero-order valence-corrected chi connectivity index (χ0v) is 10.5. The highest BCUT2D eigenvalue weighted by molar-refractivity contribution is 6.32. The Bertz CT molecular complexity index is 423. The molecule has 17 heavy (non-hydrogen) atoms. The zero-order chi connectivity index (χ0) is 11.8. The van der Waals surface area contributed by atoms with Crippen molar-refractivity contribution < 1.29 is 0 Å². The van der Waals surface area contributed by atoms with Gasteiger partial charge in [-0.15, -0.1) is 0 Å². The van der Waals surface area contributed by atoms with Gasteiger partial charge in [-0.3, -0.25) is 0 Å². The first-order chi connectivity index (χ1) is 8.24. The smallest absolute Gasteiger partial charge is 0.157 e. The Morgan fingerprint density at radius 2 is 2.24 bits per heavy atom. The molecule has 2 aliphatic carbocycles. The van der Waals surface area contributed by atoms with Gasteiger partial charge in [-0.1, -0.05) is 18.0 Å². The maximum Gasteiger partial charge on any atom is 0.157 e. The number of nitrogens with two attached hydrogens (primary N) is 1. The molecule has 0 spiro atoms. The van der Waals surface area contributed by atoms with Gasteiger partial charge in [-0.2, -0.15) is 0 Å². The van der Waals surface area contributed by atoms with E-state index in [0.29, 0.717) is 16.7 Å². The summed E-state index contributed by atoms with van der Waals surface area (Å²) in [7, 11) is 0. The van der Waals surface area contributed by atoms with Crippen molar-refractivity contribution in [2.75, 3.05) is 17.6 Å². The van der Waals surface area contributed by atoms with Gasteiger partial charge < -0.3 is 11.1 Å². The highest BCUT2D eigenvalue weighted by Crippen LogP contribution is 2.48. The Balaban J connectivity index is 1.62. The van der Waals surface area contributed by atoms with E-state index < -0.39 is 0 Å². The minimum absolute atomic E-state index is 0.329. The number of nitrogens with one attached hydrogen (secondary N) is 1. The van der Waals surface area contributed by atoms with Crippen LogP contribution in [0.1, 0.15) is 25.7 Å². The van der Waals surface area contributed by atoms with Gasteiger partial charge >= 0.3 is 0 Å². The van der Waals surface area contributed by atoms with Gasteiger partial charge in [0.15, 0.2) is 11.0 Å². The molecule has 2 fully saturated rings. The standard InChI is InChI=1S/C12H17ClN4/c13-11-10(14)12(17-6-16-11)15-5-9-4-7-1-2-8(9)3-7/h6-9H,1-5,14H2,(H,15,16,17). The summed E-state index contributed by atoms with van der Waals surface area (Å²) in [4.78, 5) is 7.98. The lowest BCUT2D eigenvalue weighted by Crippen LogP contribution is -2.21. The molecule has 3 rings (SSSR count). The first kappa shape index (κ1) is 11.1. The first-order valence-corrected chi connectivity index (χ1v) is 6.61. The second-order valence-electron chi connectivity index (χ2n) is 5.24. The quantitative estimate of drug-likeness (QED) is 0.812. The molecule has 3 N–H and O–H groups in total. The molecule has 0 aliphatic heterocycles. The first-order valence-electron chi connectivity index (χ1n) is 6.24. The Morgan fingerprint density at radius 1 is 1.35 bits per heavy atom. The minimum atomic E-state index is 0.329. The molecule has 2 saturated carbocycles. The van der Waals surface area contributed by atoms with Crippen LogP contribution in [-0.4, -0.2) is 16.5 Å². The minimum Gasteiger partial charge on any atom is -0.393 e. The lowest BCUT2D eigenvalue weighted by Gasteiger charge is -2.22. The number of nitrogens with zero attached hydrogens (tertiary/aromatic N) is 2. The van der Waals surface area contributed by atoms with Crippen LogP contribution in [0.4, 0.5) is 11.5 Å². The average molecular weight is 253 g/mol. The molecule has 3 unspecified atom stereocenters. The number of rotatable bonds is 3. The Hall–Kier alpha value is -1.03. The van der Waals surface area contributed by atoms with Crippen molar-refractivity contribution in [2.24, 2.45) is 17.8 Å². The number of nitrogen functional groups attached to an aromatic ring is 1. The summed E-state index contributed by atoms with van der Waals surface area (Å²) in [6, 6.07) is 0. The number of hydrogen-bond acceptors (Lipinski definition) is 4. The summed E-state index contributed by atoms with van der Waals surface area (Å²) >= 11 is 5.86. The fraction of sp³-hybridized carbons (Fsp3) is 0.667. The molecule has 1 aromatic heterocycles. The molecular formula is C12H17ClN4. The van der Waals surface area contributed by atoms with E-state index in [1.807, 2.05) is 0 Å². The van der Waals surface area contributed by atoms with E-state index in [1.165, 1.54) is 32.0 Å². The van der Waals surface area contributed by atoms with Crippen LogP contribution < -0.4 is 11.1 Å². The van der Waals surface area contributed by atoms with Gasteiger partial charge in [0, 0.05) is 6.54 Å². The maximum atomic E-state index is 5.86. The molecule has 0 radical (unpaired) electrons. The molecule has 0 amide bonds. The fourth-order valence-electron chi connectivity index (χ4n) is 3.37.